The number of carbonyl (C=O) groups excluding carboxylic acids is 1. The van der Waals surface area contributed by atoms with Gasteiger partial charge in [0.15, 0.2) is 0 Å². The zero-order chi connectivity index (χ0) is 18.3. The van der Waals surface area contributed by atoms with E-state index in [9.17, 15) is 9.90 Å². The second-order valence-corrected chi connectivity index (χ2v) is 7.74. The number of Topliss-reactive ketones (excluding diaryl/α,β-unsaturated/α-hetero) is 1. The van der Waals surface area contributed by atoms with E-state index in [4.69, 9.17) is 0 Å². The normalized spacial score (nSPS) is 18.3. The summed E-state index contributed by atoms with van der Waals surface area (Å²) in [4.78, 5) is 16.5. The highest BCUT2D eigenvalue weighted by Crippen LogP contribution is 2.38. The molecule has 1 aliphatic heterocycles. The van der Waals surface area contributed by atoms with Gasteiger partial charge in [0.2, 0.25) is 5.78 Å². The molecule has 2 fully saturated rings. The van der Waals surface area contributed by atoms with Crippen molar-refractivity contribution in [1.82, 2.24) is 4.57 Å². The van der Waals surface area contributed by atoms with Gasteiger partial charge in [0.25, 0.3) is 0 Å². The number of piperazine rings is 1. The van der Waals surface area contributed by atoms with Gasteiger partial charge in [-0.25, -0.2) is 0 Å². The molecule has 1 aromatic carbocycles. The molecule has 2 N–H and O–H groups in total. The number of aromatic hydroxyl groups is 1. The van der Waals surface area contributed by atoms with Crippen LogP contribution in [0.1, 0.15) is 40.6 Å². The fraction of sp³-hybridized carbons (Fsp3) is 0.476. The highest BCUT2D eigenvalue weighted by Gasteiger charge is 2.30. The van der Waals surface area contributed by atoms with Crippen molar-refractivity contribution in [2.24, 2.45) is 0 Å². The van der Waals surface area contributed by atoms with E-state index in [0.29, 0.717) is 18.3 Å². The number of phenols is 1. The standard InChI is InChI=1S/C21H27N3O2/c1-15-13-20(16(2)24(15)18-3-4-18)21(26)14-22-9-11-23(12-10-22)17-5-7-19(25)8-6-17/h5-8,13,18,25H,3-4,9-12,14H2,1-2H3/p+1. The van der Waals surface area contributed by atoms with Crippen molar-refractivity contribution >= 4 is 11.5 Å². The minimum atomic E-state index is 0.276. The number of aromatic nitrogens is 1. The lowest BCUT2D eigenvalue weighted by atomic mass is 10.1. The van der Waals surface area contributed by atoms with Crippen LogP contribution in [0.15, 0.2) is 30.3 Å². The largest absolute Gasteiger partial charge is 0.508 e. The quantitative estimate of drug-likeness (QED) is 0.804. The summed E-state index contributed by atoms with van der Waals surface area (Å²) in [5.41, 5.74) is 4.43. The molecule has 0 radical (unpaired) electrons. The predicted octanol–water partition coefficient (Wildman–Crippen LogP) is 1.73. The number of nitrogens with one attached hydrogen (secondary N) is 1. The summed E-state index contributed by atoms with van der Waals surface area (Å²) in [6.07, 6.45) is 2.49. The molecule has 5 heteroatoms. The minimum absolute atomic E-state index is 0.276. The van der Waals surface area contributed by atoms with Gasteiger partial charge in [-0.1, -0.05) is 0 Å². The summed E-state index contributed by atoms with van der Waals surface area (Å²) in [5, 5.41) is 9.42. The van der Waals surface area contributed by atoms with E-state index >= 15 is 0 Å². The van der Waals surface area contributed by atoms with Gasteiger partial charge in [-0.3, -0.25) is 4.79 Å². The van der Waals surface area contributed by atoms with Crippen molar-refractivity contribution in [3.8, 4) is 5.75 Å². The summed E-state index contributed by atoms with van der Waals surface area (Å²) in [6.45, 7) is 8.60. The monoisotopic (exact) mass is 354 g/mol. The highest BCUT2D eigenvalue weighted by atomic mass is 16.3. The van der Waals surface area contributed by atoms with Crippen LogP contribution < -0.4 is 9.80 Å². The highest BCUT2D eigenvalue weighted by molar-refractivity contribution is 5.98. The van der Waals surface area contributed by atoms with E-state index in [0.717, 1.165) is 43.1 Å². The smallest absolute Gasteiger partial charge is 0.218 e. The molecule has 4 rings (SSSR count). The summed E-state index contributed by atoms with van der Waals surface area (Å²) in [6, 6.07) is 10.1. The molecule has 1 aliphatic carbocycles. The number of phenolic OH excluding ortho intramolecular Hbond substituents is 1. The predicted molar refractivity (Wildman–Crippen MR) is 102 cm³/mol. The molecule has 2 aliphatic rings. The summed E-state index contributed by atoms with van der Waals surface area (Å²) >= 11 is 0. The van der Waals surface area contributed by atoms with E-state index in [1.807, 2.05) is 12.1 Å². The summed E-state index contributed by atoms with van der Waals surface area (Å²) in [5.74, 6) is 0.575. The molecule has 1 saturated heterocycles. The number of benzene rings is 1. The molecule has 1 aromatic heterocycles. The van der Waals surface area contributed by atoms with Gasteiger partial charge < -0.3 is 19.5 Å². The van der Waals surface area contributed by atoms with Crippen molar-refractivity contribution in [2.45, 2.75) is 32.7 Å². The first kappa shape index (κ1) is 17.2. The molecule has 26 heavy (non-hydrogen) atoms. The lowest BCUT2D eigenvalue weighted by Crippen LogP contribution is -3.15. The molecular formula is C21H28N3O2+. The molecule has 2 heterocycles. The summed E-state index contributed by atoms with van der Waals surface area (Å²) in [7, 11) is 0. The molecule has 0 atom stereocenters. The number of aryl methyl sites for hydroxylation is 1. The number of rotatable bonds is 5. The minimum Gasteiger partial charge on any atom is -0.508 e. The van der Waals surface area contributed by atoms with Crippen LogP contribution >= 0.6 is 0 Å². The van der Waals surface area contributed by atoms with Crippen LogP contribution in [0.25, 0.3) is 0 Å². The maximum absolute atomic E-state index is 12.9. The number of hydrogen-bond donors (Lipinski definition) is 2. The zero-order valence-electron chi connectivity index (χ0n) is 15.7. The first-order chi connectivity index (χ1) is 12.5. The van der Waals surface area contributed by atoms with Crippen molar-refractivity contribution in [2.75, 3.05) is 37.6 Å². The first-order valence-electron chi connectivity index (χ1n) is 9.62. The molecule has 0 amide bonds. The third-order valence-electron chi connectivity index (χ3n) is 5.79. The number of carbonyl (C=O) groups is 1. The topological polar surface area (TPSA) is 49.9 Å². The maximum atomic E-state index is 12.9. The number of quaternary nitrogens is 1. The van der Waals surface area contributed by atoms with Crippen LogP contribution in [0.5, 0.6) is 5.75 Å². The molecule has 0 unspecified atom stereocenters. The molecule has 0 bridgehead atoms. The van der Waals surface area contributed by atoms with Crippen LogP contribution in [0.2, 0.25) is 0 Å². The van der Waals surface area contributed by atoms with Crippen LogP contribution in [0.4, 0.5) is 5.69 Å². The van der Waals surface area contributed by atoms with Crippen LogP contribution in [0, 0.1) is 13.8 Å². The van der Waals surface area contributed by atoms with Gasteiger partial charge in [0, 0.05) is 28.7 Å². The van der Waals surface area contributed by atoms with Crippen LogP contribution in [-0.4, -0.2) is 48.2 Å². The van der Waals surface area contributed by atoms with E-state index in [1.54, 1.807) is 12.1 Å². The fourth-order valence-corrected chi connectivity index (χ4v) is 4.20. The number of ketones is 1. The van der Waals surface area contributed by atoms with Gasteiger partial charge in [0.05, 0.1) is 26.2 Å². The van der Waals surface area contributed by atoms with Gasteiger partial charge in [0.1, 0.15) is 12.3 Å². The Morgan fingerprint density at radius 2 is 1.81 bits per heavy atom. The van der Waals surface area contributed by atoms with Gasteiger partial charge in [-0.05, 0) is 57.0 Å². The Balaban J connectivity index is 1.36. The Hall–Kier alpha value is -2.27. The number of hydrogen-bond acceptors (Lipinski definition) is 3. The number of nitrogens with zero attached hydrogens (tertiary/aromatic N) is 2. The van der Waals surface area contributed by atoms with Crippen LogP contribution in [0.3, 0.4) is 0 Å². The Morgan fingerprint density at radius 3 is 2.42 bits per heavy atom. The van der Waals surface area contributed by atoms with Crippen molar-refractivity contribution in [3.63, 3.8) is 0 Å². The Kier molecular flexibility index (Phi) is 4.49. The van der Waals surface area contributed by atoms with Gasteiger partial charge in [-0.15, -0.1) is 0 Å². The van der Waals surface area contributed by atoms with Crippen molar-refractivity contribution < 1.29 is 14.8 Å². The van der Waals surface area contributed by atoms with Gasteiger partial charge in [-0.2, -0.15) is 0 Å². The second kappa shape index (κ2) is 6.80. The second-order valence-electron chi connectivity index (χ2n) is 7.74. The Bertz CT molecular complexity index is 797. The van der Waals surface area contributed by atoms with Gasteiger partial charge >= 0.3 is 0 Å². The van der Waals surface area contributed by atoms with E-state index in [1.165, 1.54) is 23.4 Å². The van der Waals surface area contributed by atoms with E-state index in [-0.39, 0.29) is 5.78 Å². The van der Waals surface area contributed by atoms with Crippen molar-refractivity contribution in [1.29, 1.82) is 0 Å². The third kappa shape index (κ3) is 3.36. The average molecular weight is 354 g/mol. The SMILES string of the molecule is Cc1cc(C(=O)C[NH+]2CCN(c3ccc(O)cc3)CC2)c(C)n1C1CC1. The Morgan fingerprint density at radius 1 is 1.15 bits per heavy atom. The lowest BCUT2D eigenvalue weighted by Gasteiger charge is -2.33. The average Bonchev–Trinajstić information content (AvgIpc) is 3.41. The first-order valence-corrected chi connectivity index (χ1v) is 9.62. The molecule has 1 saturated carbocycles. The summed E-state index contributed by atoms with van der Waals surface area (Å²) < 4.78 is 2.35. The molecule has 138 valence electrons. The number of anilines is 1. The molecule has 0 spiro atoms. The molecular weight excluding hydrogens is 326 g/mol. The van der Waals surface area contributed by atoms with E-state index in [2.05, 4.69) is 29.4 Å². The third-order valence-corrected chi connectivity index (χ3v) is 5.79. The molecule has 2 aromatic rings. The maximum Gasteiger partial charge on any atom is 0.218 e. The zero-order valence-corrected chi connectivity index (χ0v) is 15.7. The van der Waals surface area contributed by atoms with Crippen molar-refractivity contribution in [3.05, 3.63) is 47.3 Å². The lowest BCUT2D eigenvalue weighted by molar-refractivity contribution is -0.892. The molecule has 5 nitrogen and oxygen atoms in total. The fourth-order valence-electron chi connectivity index (χ4n) is 4.20. The Labute approximate surface area is 154 Å². The van der Waals surface area contributed by atoms with Crippen LogP contribution in [-0.2, 0) is 0 Å². The van der Waals surface area contributed by atoms with E-state index < -0.39 is 0 Å².